The normalized spacial score (nSPS) is 13.6. The molecule has 21 heavy (non-hydrogen) atoms. The lowest BCUT2D eigenvalue weighted by molar-refractivity contribution is 0.103. The molecular weight excluding hydrogens is 332 g/mol. The van der Waals surface area contributed by atoms with Gasteiger partial charge in [-0.05, 0) is 48.9 Å². The Labute approximate surface area is 132 Å². The van der Waals surface area contributed by atoms with Gasteiger partial charge in [0, 0.05) is 22.0 Å². The third-order valence-corrected chi connectivity index (χ3v) is 4.32. The Bertz CT molecular complexity index is 694. The molecule has 0 aromatic heterocycles. The largest absolute Gasteiger partial charge is 0.490 e. The summed E-state index contributed by atoms with van der Waals surface area (Å²) in [5, 5.41) is 0. The van der Waals surface area contributed by atoms with Crippen LogP contribution in [0.15, 0.2) is 40.9 Å². The van der Waals surface area contributed by atoms with E-state index in [1.165, 1.54) is 0 Å². The molecule has 0 saturated heterocycles. The van der Waals surface area contributed by atoms with E-state index in [1.807, 2.05) is 25.1 Å². The topological polar surface area (TPSA) is 35.5 Å². The van der Waals surface area contributed by atoms with Crippen LogP contribution in [0.5, 0.6) is 11.5 Å². The highest BCUT2D eigenvalue weighted by Crippen LogP contribution is 2.31. The number of hydrogen-bond donors (Lipinski definition) is 0. The second-order valence-electron chi connectivity index (χ2n) is 5.01. The average Bonchev–Trinajstić information content (AvgIpc) is 2.73. The maximum atomic E-state index is 12.6. The first-order valence-electron chi connectivity index (χ1n) is 6.85. The lowest BCUT2D eigenvalue weighted by Gasteiger charge is -2.09. The molecule has 0 atom stereocenters. The Kier molecular flexibility index (Phi) is 3.97. The van der Waals surface area contributed by atoms with Gasteiger partial charge in [0.25, 0.3) is 0 Å². The number of aryl methyl sites for hydroxylation is 1. The molecule has 1 aliphatic rings. The van der Waals surface area contributed by atoms with Crippen molar-refractivity contribution >= 4 is 21.7 Å². The summed E-state index contributed by atoms with van der Waals surface area (Å²) in [6, 6.07) is 11.0. The van der Waals surface area contributed by atoms with Crippen molar-refractivity contribution in [3.8, 4) is 11.5 Å². The zero-order chi connectivity index (χ0) is 14.8. The maximum absolute atomic E-state index is 12.6. The van der Waals surface area contributed by atoms with E-state index in [0.717, 1.165) is 16.5 Å². The summed E-state index contributed by atoms with van der Waals surface area (Å²) in [4.78, 5) is 12.6. The molecule has 3 nitrogen and oxygen atoms in total. The van der Waals surface area contributed by atoms with Crippen molar-refractivity contribution in [1.82, 2.24) is 0 Å². The van der Waals surface area contributed by atoms with E-state index in [2.05, 4.69) is 15.9 Å². The van der Waals surface area contributed by atoms with E-state index in [9.17, 15) is 4.79 Å². The van der Waals surface area contributed by atoms with Gasteiger partial charge < -0.3 is 9.47 Å². The van der Waals surface area contributed by atoms with Gasteiger partial charge in [-0.25, -0.2) is 0 Å². The van der Waals surface area contributed by atoms with E-state index in [0.29, 0.717) is 35.8 Å². The Balaban J connectivity index is 1.94. The first-order chi connectivity index (χ1) is 10.1. The van der Waals surface area contributed by atoms with Crippen LogP contribution in [0.2, 0.25) is 0 Å². The number of rotatable bonds is 2. The molecule has 0 aliphatic carbocycles. The predicted octanol–water partition coefficient (Wildman–Crippen LogP) is 4.15. The highest BCUT2D eigenvalue weighted by atomic mass is 79.9. The van der Waals surface area contributed by atoms with Crippen molar-refractivity contribution < 1.29 is 14.3 Å². The van der Waals surface area contributed by atoms with Crippen molar-refractivity contribution in [3.05, 3.63) is 57.6 Å². The van der Waals surface area contributed by atoms with Crippen LogP contribution in [0.4, 0.5) is 0 Å². The second kappa shape index (κ2) is 5.90. The summed E-state index contributed by atoms with van der Waals surface area (Å²) >= 11 is 3.44. The number of ether oxygens (including phenoxy) is 2. The molecule has 1 aliphatic heterocycles. The summed E-state index contributed by atoms with van der Waals surface area (Å²) in [6.07, 6.45) is 0.851. The Morgan fingerprint density at radius 1 is 1.00 bits per heavy atom. The molecule has 2 aromatic rings. The Morgan fingerprint density at radius 2 is 1.67 bits per heavy atom. The second-order valence-corrected chi connectivity index (χ2v) is 5.86. The van der Waals surface area contributed by atoms with Crippen molar-refractivity contribution in [2.24, 2.45) is 0 Å². The first kappa shape index (κ1) is 14.1. The van der Waals surface area contributed by atoms with Crippen molar-refractivity contribution in [1.29, 1.82) is 0 Å². The van der Waals surface area contributed by atoms with Gasteiger partial charge in [-0.1, -0.05) is 15.9 Å². The number of ketones is 1. The molecule has 0 saturated carbocycles. The van der Waals surface area contributed by atoms with Crippen molar-refractivity contribution in [2.45, 2.75) is 13.3 Å². The van der Waals surface area contributed by atoms with Crippen LogP contribution in [0.1, 0.15) is 27.9 Å². The van der Waals surface area contributed by atoms with Crippen LogP contribution in [0, 0.1) is 6.92 Å². The van der Waals surface area contributed by atoms with E-state index >= 15 is 0 Å². The molecule has 0 radical (unpaired) electrons. The molecule has 1 heterocycles. The van der Waals surface area contributed by atoms with Crippen LogP contribution in [0.25, 0.3) is 0 Å². The minimum Gasteiger partial charge on any atom is -0.490 e. The minimum absolute atomic E-state index is 0.0127. The fraction of sp³-hybridized carbons (Fsp3) is 0.235. The fourth-order valence-electron chi connectivity index (χ4n) is 2.26. The third-order valence-electron chi connectivity index (χ3n) is 3.43. The van der Waals surface area contributed by atoms with Crippen LogP contribution >= 0.6 is 15.9 Å². The van der Waals surface area contributed by atoms with Gasteiger partial charge in [0.15, 0.2) is 17.3 Å². The molecular formula is C17H15BrO3. The molecule has 4 heteroatoms. The number of carbonyl (C=O) groups excluding carboxylic acids is 1. The van der Waals surface area contributed by atoms with Crippen LogP contribution in [0.3, 0.4) is 0 Å². The summed E-state index contributed by atoms with van der Waals surface area (Å²) in [7, 11) is 0. The van der Waals surface area contributed by atoms with E-state index in [4.69, 9.17) is 9.47 Å². The van der Waals surface area contributed by atoms with Gasteiger partial charge in [0.05, 0.1) is 13.2 Å². The summed E-state index contributed by atoms with van der Waals surface area (Å²) in [5.74, 6) is 1.34. The highest BCUT2D eigenvalue weighted by Gasteiger charge is 2.15. The van der Waals surface area contributed by atoms with Crippen molar-refractivity contribution in [2.75, 3.05) is 13.2 Å². The van der Waals surface area contributed by atoms with Gasteiger partial charge in [-0.15, -0.1) is 0 Å². The minimum atomic E-state index is -0.0127. The quantitative estimate of drug-likeness (QED) is 0.766. The summed E-state index contributed by atoms with van der Waals surface area (Å²) in [6.45, 7) is 3.23. The molecule has 0 amide bonds. The third kappa shape index (κ3) is 2.95. The molecule has 0 fully saturated rings. The fourth-order valence-corrected chi connectivity index (χ4v) is 2.50. The molecule has 0 unspecified atom stereocenters. The molecule has 0 spiro atoms. The number of halogens is 1. The zero-order valence-electron chi connectivity index (χ0n) is 11.7. The number of hydrogen-bond acceptors (Lipinski definition) is 3. The lowest BCUT2D eigenvalue weighted by Crippen LogP contribution is -2.03. The zero-order valence-corrected chi connectivity index (χ0v) is 13.3. The highest BCUT2D eigenvalue weighted by molar-refractivity contribution is 9.10. The van der Waals surface area contributed by atoms with E-state index < -0.39 is 0 Å². The lowest BCUT2D eigenvalue weighted by atomic mass is 10.0. The van der Waals surface area contributed by atoms with E-state index in [-0.39, 0.29) is 5.78 Å². The van der Waals surface area contributed by atoms with E-state index in [1.54, 1.807) is 18.2 Å². The first-order valence-corrected chi connectivity index (χ1v) is 7.65. The monoisotopic (exact) mass is 346 g/mol. The van der Waals surface area contributed by atoms with Crippen LogP contribution in [-0.2, 0) is 0 Å². The van der Waals surface area contributed by atoms with Gasteiger partial charge in [-0.2, -0.15) is 0 Å². The van der Waals surface area contributed by atoms with Gasteiger partial charge in [0.2, 0.25) is 0 Å². The molecule has 0 N–H and O–H groups in total. The van der Waals surface area contributed by atoms with Gasteiger partial charge >= 0.3 is 0 Å². The van der Waals surface area contributed by atoms with Gasteiger partial charge in [-0.3, -0.25) is 4.79 Å². The summed E-state index contributed by atoms with van der Waals surface area (Å²) in [5.41, 5.74) is 2.32. The van der Waals surface area contributed by atoms with Crippen LogP contribution in [-0.4, -0.2) is 19.0 Å². The summed E-state index contributed by atoms with van der Waals surface area (Å²) < 4.78 is 12.2. The smallest absolute Gasteiger partial charge is 0.193 e. The molecule has 3 rings (SSSR count). The number of benzene rings is 2. The number of fused-ring (bicyclic) bond motifs is 1. The maximum Gasteiger partial charge on any atom is 0.193 e. The SMILES string of the molecule is Cc1cc(C(=O)c2ccc3c(c2)OCCCO3)ccc1Br. The number of carbonyl (C=O) groups is 1. The van der Waals surface area contributed by atoms with Crippen LogP contribution < -0.4 is 9.47 Å². The Hall–Kier alpha value is -1.81. The molecule has 0 bridgehead atoms. The van der Waals surface area contributed by atoms with Gasteiger partial charge in [0.1, 0.15) is 0 Å². The predicted molar refractivity (Wildman–Crippen MR) is 84.4 cm³/mol. The molecule has 2 aromatic carbocycles. The standard InChI is InChI=1S/C17H15BrO3/c1-11-9-12(3-5-14(11)18)17(19)13-4-6-15-16(10-13)21-8-2-7-20-15/h3-6,9-10H,2,7-8H2,1H3. The average molecular weight is 347 g/mol. The Morgan fingerprint density at radius 3 is 2.43 bits per heavy atom. The van der Waals surface area contributed by atoms with Crippen molar-refractivity contribution in [3.63, 3.8) is 0 Å². The molecule has 108 valence electrons.